The van der Waals surface area contributed by atoms with Crippen molar-refractivity contribution in [3.8, 4) is 5.75 Å². The van der Waals surface area contributed by atoms with E-state index in [1.54, 1.807) is 12.1 Å². The van der Waals surface area contributed by atoms with Crippen molar-refractivity contribution in [3.05, 3.63) is 16.6 Å². The van der Waals surface area contributed by atoms with E-state index in [1.807, 2.05) is 0 Å². The Kier molecular flexibility index (Phi) is 3.05. The van der Waals surface area contributed by atoms with Gasteiger partial charge in [0.1, 0.15) is 5.75 Å². The molecule has 4 N–H and O–H groups in total. The average Bonchev–Trinajstić information content (AvgIpc) is 2.11. The number of hydrogen-bond acceptors (Lipinski definition) is 3. The first-order chi connectivity index (χ1) is 7.16. The fourth-order valence-electron chi connectivity index (χ4n) is 1.56. The highest BCUT2D eigenvalue weighted by Gasteiger charge is 2.18. The molecule has 0 spiro atoms. The van der Waals surface area contributed by atoms with Crippen molar-refractivity contribution in [1.82, 2.24) is 0 Å². The molecule has 0 aromatic heterocycles. The molecule has 0 amide bonds. The summed E-state index contributed by atoms with van der Waals surface area (Å²) in [6, 6.07) is 3.56. The van der Waals surface area contributed by atoms with Crippen LogP contribution in [-0.2, 0) is 0 Å². The van der Waals surface area contributed by atoms with Crippen LogP contribution < -0.4 is 16.2 Å². The van der Waals surface area contributed by atoms with E-state index in [0.717, 1.165) is 22.7 Å². The molecule has 0 aliphatic heterocycles. The molecule has 15 heavy (non-hydrogen) atoms. The van der Waals surface area contributed by atoms with Crippen LogP contribution in [0.2, 0.25) is 0 Å². The Morgan fingerprint density at radius 1 is 1.27 bits per heavy atom. The number of nitrogens with two attached hydrogens (primary N) is 2. The predicted octanol–water partition coefficient (Wildman–Crippen LogP) is 2.79. The standard InChI is InChI=1S/C11H15BrN2O/c12-8-4-9(13)10(14)5-11(8)15-6-7-2-1-3-7/h4-5,7H,1-3,6,13-14H2. The third-order valence-corrected chi connectivity index (χ3v) is 3.46. The first kappa shape index (κ1) is 10.6. The third kappa shape index (κ3) is 2.37. The minimum atomic E-state index is 0.571. The maximum absolute atomic E-state index is 5.72. The van der Waals surface area contributed by atoms with E-state index < -0.39 is 0 Å². The molecule has 1 aliphatic carbocycles. The Hall–Kier alpha value is -0.900. The Bertz CT molecular complexity index is 364. The van der Waals surface area contributed by atoms with E-state index >= 15 is 0 Å². The van der Waals surface area contributed by atoms with Crippen molar-refractivity contribution in [2.75, 3.05) is 18.1 Å². The van der Waals surface area contributed by atoms with Crippen LogP contribution in [0.1, 0.15) is 19.3 Å². The molecule has 1 saturated carbocycles. The zero-order valence-corrected chi connectivity index (χ0v) is 10.1. The minimum Gasteiger partial charge on any atom is -0.492 e. The summed E-state index contributed by atoms with van der Waals surface area (Å²) in [7, 11) is 0. The Labute approximate surface area is 97.9 Å². The van der Waals surface area contributed by atoms with Crippen molar-refractivity contribution in [2.45, 2.75) is 19.3 Å². The number of hydrogen-bond donors (Lipinski definition) is 2. The van der Waals surface area contributed by atoms with E-state index in [9.17, 15) is 0 Å². The largest absolute Gasteiger partial charge is 0.492 e. The van der Waals surface area contributed by atoms with Crippen LogP contribution in [0.25, 0.3) is 0 Å². The van der Waals surface area contributed by atoms with Gasteiger partial charge in [-0.15, -0.1) is 0 Å². The van der Waals surface area contributed by atoms with Gasteiger partial charge in [0.25, 0.3) is 0 Å². The van der Waals surface area contributed by atoms with Gasteiger partial charge in [-0.1, -0.05) is 6.42 Å². The molecule has 0 heterocycles. The number of nitrogen functional groups attached to an aromatic ring is 2. The van der Waals surface area contributed by atoms with E-state index in [-0.39, 0.29) is 0 Å². The predicted molar refractivity (Wildman–Crippen MR) is 65.8 cm³/mol. The van der Waals surface area contributed by atoms with Gasteiger partial charge in [-0.3, -0.25) is 0 Å². The number of ether oxygens (including phenoxy) is 1. The second-order valence-corrected chi connectivity index (χ2v) is 4.87. The van der Waals surface area contributed by atoms with Gasteiger partial charge in [-0.2, -0.15) is 0 Å². The van der Waals surface area contributed by atoms with Crippen molar-refractivity contribution in [2.24, 2.45) is 5.92 Å². The van der Waals surface area contributed by atoms with Crippen LogP contribution in [0, 0.1) is 5.92 Å². The SMILES string of the molecule is Nc1cc(Br)c(OCC2CCC2)cc1N. The molecule has 2 rings (SSSR count). The minimum absolute atomic E-state index is 0.571. The molecule has 4 heteroatoms. The summed E-state index contributed by atoms with van der Waals surface area (Å²) in [6.07, 6.45) is 3.89. The summed E-state index contributed by atoms with van der Waals surface area (Å²) in [6.45, 7) is 0.780. The molecule has 82 valence electrons. The van der Waals surface area contributed by atoms with Crippen LogP contribution >= 0.6 is 15.9 Å². The van der Waals surface area contributed by atoms with E-state index in [2.05, 4.69) is 15.9 Å². The van der Waals surface area contributed by atoms with Crippen LogP contribution in [0.3, 0.4) is 0 Å². The molecule has 0 unspecified atom stereocenters. The van der Waals surface area contributed by atoms with Crippen LogP contribution in [0.15, 0.2) is 16.6 Å². The highest BCUT2D eigenvalue weighted by Crippen LogP contribution is 2.33. The van der Waals surface area contributed by atoms with Crippen molar-refractivity contribution in [1.29, 1.82) is 0 Å². The van der Waals surface area contributed by atoms with Crippen LogP contribution in [0.4, 0.5) is 11.4 Å². The van der Waals surface area contributed by atoms with Gasteiger partial charge in [0.05, 0.1) is 22.5 Å². The first-order valence-corrected chi connectivity index (χ1v) is 5.93. The molecule has 0 atom stereocenters. The molecule has 1 fully saturated rings. The smallest absolute Gasteiger partial charge is 0.135 e. The van der Waals surface area contributed by atoms with Gasteiger partial charge in [-0.05, 0) is 40.8 Å². The monoisotopic (exact) mass is 270 g/mol. The second-order valence-electron chi connectivity index (χ2n) is 4.02. The first-order valence-electron chi connectivity index (χ1n) is 5.14. The Morgan fingerprint density at radius 2 is 1.93 bits per heavy atom. The van der Waals surface area contributed by atoms with E-state index in [0.29, 0.717) is 11.4 Å². The molecular weight excluding hydrogens is 256 g/mol. The summed E-state index contributed by atoms with van der Waals surface area (Å²) in [5.41, 5.74) is 12.5. The number of anilines is 2. The number of rotatable bonds is 3. The molecule has 0 bridgehead atoms. The lowest BCUT2D eigenvalue weighted by Gasteiger charge is -2.25. The van der Waals surface area contributed by atoms with Crippen molar-refractivity contribution in [3.63, 3.8) is 0 Å². The summed E-state index contributed by atoms with van der Waals surface area (Å²) in [4.78, 5) is 0. The van der Waals surface area contributed by atoms with Gasteiger partial charge >= 0.3 is 0 Å². The second kappa shape index (κ2) is 4.31. The maximum atomic E-state index is 5.72. The van der Waals surface area contributed by atoms with E-state index in [4.69, 9.17) is 16.2 Å². The lowest BCUT2D eigenvalue weighted by atomic mass is 9.86. The molecule has 1 aliphatic rings. The highest BCUT2D eigenvalue weighted by atomic mass is 79.9. The normalized spacial score (nSPS) is 16.1. The third-order valence-electron chi connectivity index (χ3n) is 2.84. The molecular formula is C11H15BrN2O. The number of benzene rings is 1. The summed E-state index contributed by atoms with van der Waals surface area (Å²) < 4.78 is 6.56. The Balaban J connectivity index is 2.03. The maximum Gasteiger partial charge on any atom is 0.135 e. The molecule has 0 saturated heterocycles. The van der Waals surface area contributed by atoms with Crippen LogP contribution in [-0.4, -0.2) is 6.61 Å². The molecule has 3 nitrogen and oxygen atoms in total. The highest BCUT2D eigenvalue weighted by molar-refractivity contribution is 9.10. The van der Waals surface area contributed by atoms with E-state index in [1.165, 1.54) is 19.3 Å². The molecule has 1 aromatic carbocycles. The van der Waals surface area contributed by atoms with Gasteiger partial charge in [0, 0.05) is 6.07 Å². The fraction of sp³-hybridized carbons (Fsp3) is 0.455. The summed E-state index contributed by atoms with van der Waals surface area (Å²) in [5.74, 6) is 1.50. The fourth-order valence-corrected chi connectivity index (χ4v) is 2.04. The average molecular weight is 271 g/mol. The van der Waals surface area contributed by atoms with Gasteiger partial charge in [-0.25, -0.2) is 0 Å². The summed E-state index contributed by atoms with van der Waals surface area (Å²) >= 11 is 3.41. The number of halogens is 1. The zero-order chi connectivity index (χ0) is 10.8. The van der Waals surface area contributed by atoms with Gasteiger partial charge in [0.15, 0.2) is 0 Å². The van der Waals surface area contributed by atoms with Crippen LogP contribution in [0.5, 0.6) is 5.75 Å². The van der Waals surface area contributed by atoms with Gasteiger partial charge < -0.3 is 16.2 Å². The Morgan fingerprint density at radius 3 is 2.53 bits per heavy atom. The zero-order valence-electron chi connectivity index (χ0n) is 8.50. The lowest BCUT2D eigenvalue weighted by Crippen LogP contribution is -2.19. The molecule has 1 aromatic rings. The van der Waals surface area contributed by atoms with Crippen molar-refractivity contribution < 1.29 is 4.74 Å². The lowest BCUT2D eigenvalue weighted by molar-refractivity contribution is 0.180. The van der Waals surface area contributed by atoms with Gasteiger partial charge in [0.2, 0.25) is 0 Å². The van der Waals surface area contributed by atoms with Crippen molar-refractivity contribution >= 4 is 27.3 Å². The topological polar surface area (TPSA) is 61.3 Å². The summed E-state index contributed by atoms with van der Waals surface area (Å²) in [5, 5.41) is 0. The quantitative estimate of drug-likeness (QED) is 0.831. The molecule has 0 radical (unpaired) electrons.